The van der Waals surface area contributed by atoms with E-state index in [1.54, 1.807) is 41.1 Å². The van der Waals surface area contributed by atoms with Gasteiger partial charge in [0.2, 0.25) is 0 Å². The van der Waals surface area contributed by atoms with Gasteiger partial charge in [-0.3, -0.25) is 14.3 Å². The van der Waals surface area contributed by atoms with Crippen LogP contribution in [0.25, 0.3) is 0 Å². The Labute approximate surface area is 146 Å². The van der Waals surface area contributed by atoms with Crippen LogP contribution < -0.4 is 5.32 Å². The zero-order valence-electron chi connectivity index (χ0n) is 14.2. The highest BCUT2D eigenvalue weighted by atomic mass is 16.2. The molecule has 0 aliphatic rings. The van der Waals surface area contributed by atoms with Crippen molar-refractivity contribution in [2.24, 2.45) is 7.05 Å². The van der Waals surface area contributed by atoms with Crippen molar-refractivity contribution in [2.75, 3.05) is 0 Å². The summed E-state index contributed by atoms with van der Waals surface area (Å²) in [6.07, 6.45) is 1.82. The molecule has 1 N–H and O–H groups in total. The molecule has 1 amide bonds. The molecular formula is C20H19N3O2. The minimum absolute atomic E-state index is 0.163. The highest BCUT2D eigenvalue weighted by Gasteiger charge is 2.18. The van der Waals surface area contributed by atoms with Crippen LogP contribution in [-0.2, 0) is 13.6 Å². The monoisotopic (exact) mass is 333 g/mol. The van der Waals surface area contributed by atoms with E-state index in [0.29, 0.717) is 23.2 Å². The highest BCUT2D eigenvalue weighted by Crippen LogP contribution is 2.15. The summed E-state index contributed by atoms with van der Waals surface area (Å²) < 4.78 is 1.68. The van der Waals surface area contributed by atoms with Crippen LogP contribution in [0.5, 0.6) is 0 Å². The van der Waals surface area contributed by atoms with Crippen LogP contribution in [0.3, 0.4) is 0 Å². The van der Waals surface area contributed by atoms with Crippen molar-refractivity contribution in [2.45, 2.75) is 13.5 Å². The maximum atomic E-state index is 12.8. The molecule has 1 aromatic heterocycles. The molecule has 0 radical (unpaired) electrons. The van der Waals surface area contributed by atoms with Crippen LogP contribution in [0.1, 0.15) is 37.5 Å². The standard InChI is InChI=1S/C20H19N3O2/c1-14-7-9-15(10-8-14)19(24)17-5-3-4-6-18(17)20(25)21-13-16-11-12-23(2)22-16/h3-12H,13H2,1-2H3,(H,21,25). The average Bonchev–Trinajstić information content (AvgIpc) is 3.05. The van der Waals surface area contributed by atoms with Crippen molar-refractivity contribution in [1.29, 1.82) is 0 Å². The number of hydrogen-bond donors (Lipinski definition) is 1. The molecule has 0 saturated carbocycles. The Bertz CT molecular complexity index is 911. The number of aromatic nitrogens is 2. The smallest absolute Gasteiger partial charge is 0.252 e. The van der Waals surface area contributed by atoms with Gasteiger partial charge in [-0.05, 0) is 19.1 Å². The van der Waals surface area contributed by atoms with Crippen LogP contribution >= 0.6 is 0 Å². The lowest BCUT2D eigenvalue weighted by Crippen LogP contribution is -2.25. The Morgan fingerprint density at radius 3 is 2.32 bits per heavy atom. The van der Waals surface area contributed by atoms with E-state index < -0.39 is 0 Å². The molecule has 2 aromatic carbocycles. The van der Waals surface area contributed by atoms with Crippen LogP contribution in [0.15, 0.2) is 60.8 Å². The molecule has 0 aliphatic carbocycles. The van der Waals surface area contributed by atoms with Crippen molar-refractivity contribution in [3.05, 3.63) is 88.7 Å². The van der Waals surface area contributed by atoms with Crippen molar-refractivity contribution in [3.8, 4) is 0 Å². The summed E-state index contributed by atoms with van der Waals surface area (Å²) in [6, 6.07) is 16.0. The van der Waals surface area contributed by atoms with Gasteiger partial charge in [0.25, 0.3) is 5.91 Å². The molecule has 0 atom stereocenters. The summed E-state index contributed by atoms with van der Waals surface area (Å²) >= 11 is 0. The first-order chi connectivity index (χ1) is 12.0. The van der Waals surface area contributed by atoms with Gasteiger partial charge in [0.1, 0.15) is 0 Å². The first kappa shape index (κ1) is 16.6. The quantitative estimate of drug-likeness (QED) is 0.730. The summed E-state index contributed by atoms with van der Waals surface area (Å²) in [5.74, 6) is -0.453. The van der Waals surface area contributed by atoms with E-state index in [1.165, 1.54) is 0 Å². The number of amides is 1. The third kappa shape index (κ3) is 3.83. The predicted molar refractivity (Wildman–Crippen MR) is 95.4 cm³/mol. The molecule has 0 saturated heterocycles. The molecule has 0 bridgehead atoms. The lowest BCUT2D eigenvalue weighted by Gasteiger charge is -2.09. The summed E-state index contributed by atoms with van der Waals surface area (Å²) in [5, 5.41) is 7.04. The molecular weight excluding hydrogens is 314 g/mol. The Hall–Kier alpha value is -3.21. The molecule has 0 aliphatic heterocycles. The third-order valence-corrected chi connectivity index (χ3v) is 3.93. The highest BCUT2D eigenvalue weighted by molar-refractivity contribution is 6.15. The van der Waals surface area contributed by atoms with Crippen LogP contribution in [0.4, 0.5) is 0 Å². The molecule has 3 aromatic rings. The normalized spacial score (nSPS) is 10.5. The predicted octanol–water partition coefficient (Wildman–Crippen LogP) is 2.89. The van der Waals surface area contributed by atoms with E-state index in [2.05, 4.69) is 10.4 Å². The van der Waals surface area contributed by atoms with E-state index in [1.807, 2.05) is 38.4 Å². The van der Waals surface area contributed by atoms with Gasteiger partial charge >= 0.3 is 0 Å². The van der Waals surface area contributed by atoms with Crippen LogP contribution in [-0.4, -0.2) is 21.5 Å². The van der Waals surface area contributed by atoms with Gasteiger partial charge in [-0.2, -0.15) is 5.10 Å². The summed E-state index contributed by atoms with van der Waals surface area (Å²) in [6.45, 7) is 2.28. The van der Waals surface area contributed by atoms with Gasteiger partial charge < -0.3 is 5.32 Å². The molecule has 5 nitrogen and oxygen atoms in total. The number of aryl methyl sites for hydroxylation is 2. The van der Waals surface area contributed by atoms with Gasteiger partial charge in [0.15, 0.2) is 5.78 Å². The van der Waals surface area contributed by atoms with Gasteiger partial charge in [0, 0.05) is 24.4 Å². The lowest BCUT2D eigenvalue weighted by molar-refractivity contribution is 0.0939. The number of ketones is 1. The second-order valence-corrected chi connectivity index (χ2v) is 5.90. The number of nitrogens with zero attached hydrogens (tertiary/aromatic N) is 2. The van der Waals surface area contributed by atoms with Gasteiger partial charge in [-0.1, -0.05) is 48.0 Å². The number of carbonyl (C=O) groups is 2. The van der Waals surface area contributed by atoms with Crippen molar-refractivity contribution < 1.29 is 9.59 Å². The minimum Gasteiger partial charge on any atom is -0.346 e. The lowest BCUT2D eigenvalue weighted by atomic mass is 9.97. The van der Waals surface area contributed by atoms with Gasteiger partial charge in [-0.25, -0.2) is 0 Å². The van der Waals surface area contributed by atoms with Crippen LogP contribution in [0, 0.1) is 6.92 Å². The topological polar surface area (TPSA) is 64.0 Å². The third-order valence-electron chi connectivity index (χ3n) is 3.93. The zero-order chi connectivity index (χ0) is 17.8. The number of rotatable bonds is 5. The summed E-state index contributed by atoms with van der Waals surface area (Å²) in [5.41, 5.74) is 3.17. The molecule has 0 unspecified atom stereocenters. The molecule has 3 rings (SSSR count). The van der Waals surface area contributed by atoms with Crippen molar-refractivity contribution >= 4 is 11.7 Å². The average molecular weight is 333 g/mol. The van der Waals surface area contributed by atoms with E-state index in [4.69, 9.17) is 0 Å². The fraction of sp³-hybridized carbons (Fsp3) is 0.150. The number of hydrogen-bond acceptors (Lipinski definition) is 3. The van der Waals surface area contributed by atoms with Crippen molar-refractivity contribution in [1.82, 2.24) is 15.1 Å². The summed E-state index contributed by atoms with van der Waals surface area (Å²) in [7, 11) is 1.82. The fourth-order valence-electron chi connectivity index (χ4n) is 2.56. The maximum absolute atomic E-state index is 12.8. The minimum atomic E-state index is -0.290. The second kappa shape index (κ2) is 7.13. The number of carbonyl (C=O) groups excluding carboxylic acids is 2. The Kier molecular flexibility index (Phi) is 4.75. The molecule has 0 fully saturated rings. The molecule has 1 heterocycles. The van der Waals surface area contributed by atoms with Crippen molar-refractivity contribution in [3.63, 3.8) is 0 Å². The molecule has 0 spiro atoms. The van der Waals surface area contributed by atoms with Crippen LogP contribution in [0.2, 0.25) is 0 Å². The largest absolute Gasteiger partial charge is 0.346 e. The molecule has 25 heavy (non-hydrogen) atoms. The molecule has 126 valence electrons. The SMILES string of the molecule is Cc1ccc(C(=O)c2ccccc2C(=O)NCc2ccn(C)n2)cc1. The second-order valence-electron chi connectivity index (χ2n) is 5.90. The first-order valence-corrected chi connectivity index (χ1v) is 8.02. The van der Waals surface area contributed by atoms with Gasteiger partial charge in [0.05, 0.1) is 17.8 Å². The van der Waals surface area contributed by atoms with Gasteiger partial charge in [-0.15, -0.1) is 0 Å². The van der Waals surface area contributed by atoms with E-state index in [0.717, 1.165) is 11.3 Å². The van der Waals surface area contributed by atoms with E-state index in [-0.39, 0.29) is 11.7 Å². The fourth-order valence-corrected chi connectivity index (χ4v) is 2.56. The van der Waals surface area contributed by atoms with E-state index in [9.17, 15) is 9.59 Å². The Morgan fingerprint density at radius 2 is 1.68 bits per heavy atom. The zero-order valence-corrected chi connectivity index (χ0v) is 14.2. The Balaban J connectivity index is 1.81. The number of benzene rings is 2. The summed E-state index contributed by atoms with van der Waals surface area (Å²) in [4.78, 5) is 25.3. The maximum Gasteiger partial charge on any atom is 0.252 e. The number of nitrogens with one attached hydrogen (secondary N) is 1. The Morgan fingerprint density at radius 1 is 1.00 bits per heavy atom. The molecule has 5 heteroatoms. The van der Waals surface area contributed by atoms with E-state index >= 15 is 0 Å². The first-order valence-electron chi connectivity index (χ1n) is 8.02.